The van der Waals surface area contributed by atoms with Gasteiger partial charge in [0.1, 0.15) is 11.9 Å². The highest BCUT2D eigenvalue weighted by Gasteiger charge is 2.27. The highest BCUT2D eigenvalue weighted by molar-refractivity contribution is 7.92. The zero-order valence-electron chi connectivity index (χ0n) is 16.5. The molecule has 0 amide bonds. The number of hydrogen-bond donors (Lipinski definition) is 1. The maximum absolute atomic E-state index is 11.6. The highest BCUT2D eigenvalue weighted by Crippen LogP contribution is 2.37. The van der Waals surface area contributed by atoms with Gasteiger partial charge in [0.15, 0.2) is 0 Å². The fraction of sp³-hybridized carbons (Fsp3) is 0.400. The SMILES string of the molecule is CS(=O)(=O)Nc1ccc2c(-c3cnn(C(CC#N)C4CCCC4)c3)c(C#N)cnn12. The van der Waals surface area contributed by atoms with E-state index in [2.05, 4.69) is 27.1 Å². The maximum atomic E-state index is 11.6. The minimum atomic E-state index is -3.48. The number of nitriles is 2. The topological polar surface area (TPSA) is 129 Å². The number of aromatic nitrogens is 4. The maximum Gasteiger partial charge on any atom is 0.230 e. The van der Waals surface area contributed by atoms with Gasteiger partial charge in [0, 0.05) is 17.3 Å². The molecule has 1 saturated carbocycles. The minimum Gasteiger partial charge on any atom is -0.268 e. The molecule has 1 N–H and O–H groups in total. The van der Waals surface area contributed by atoms with Crippen LogP contribution in [0.15, 0.2) is 30.7 Å². The monoisotopic (exact) mass is 423 g/mol. The lowest BCUT2D eigenvalue weighted by Crippen LogP contribution is -2.17. The van der Waals surface area contributed by atoms with Gasteiger partial charge in [0.2, 0.25) is 10.0 Å². The minimum absolute atomic E-state index is 0.00360. The van der Waals surface area contributed by atoms with E-state index in [0.717, 1.165) is 24.7 Å². The van der Waals surface area contributed by atoms with Crippen molar-refractivity contribution in [2.75, 3.05) is 11.0 Å². The quantitative estimate of drug-likeness (QED) is 0.648. The number of anilines is 1. The van der Waals surface area contributed by atoms with Crippen molar-refractivity contribution >= 4 is 21.4 Å². The van der Waals surface area contributed by atoms with Crippen LogP contribution in [0, 0.1) is 28.6 Å². The van der Waals surface area contributed by atoms with E-state index >= 15 is 0 Å². The average Bonchev–Trinajstić information content (AvgIpc) is 3.46. The largest absolute Gasteiger partial charge is 0.268 e. The van der Waals surface area contributed by atoms with Crippen molar-refractivity contribution < 1.29 is 8.42 Å². The van der Waals surface area contributed by atoms with Crippen molar-refractivity contribution in [3.8, 4) is 23.3 Å². The van der Waals surface area contributed by atoms with Gasteiger partial charge < -0.3 is 0 Å². The number of hydrogen-bond acceptors (Lipinski definition) is 6. The summed E-state index contributed by atoms with van der Waals surface area (Å²) in [6.07, 6.45) is 10.9. The summed E-state index contributed by atoms with van der Waals surface area (Å²) >= 11 is 0. The van der Waals surface area contributed by atoms with Crippen LogP contribution in [0.3, 0.4) is 0 Å². The average molecular weight is 424 g/mol. The van der Waals surface area contributed by atoms with Crippen molar-refractivity contribution in [1.82, 2.24) is 19.4 Å². The normalized spacial score (nSPS) is 15.7. The van der Waals surface area contributed by atoms with E-state index in [1.165, 1.54) is 23.6 Å². The van der Waals surface area contributed by atoms with Crippen LogP contribution in [0.25, 0.3) is 16.6 Å². The fourth-order valence-corrected chi connectivity index (χ4v) is 4.81. The van der Waals surface area contributed by atoms with E-state index in [1.807, 2.05) is 10.9 Å². The molecule has 0 saturated heterocycles. The summed E-state index contributed by atoms with van der Waals surface area (Å²) in [5.41, 5.74) is 2.31. The molecule has 9 nitrogen and oxygen atoms in total. The summed E-state index contributed by atoms with van der Waals surface area (Å²) in [7, 11) is -3.48. The van der Waals surface area contributed by atoms with Crippen LogP contribution < -0.4 is 4.72 Å². The second kappa shape index (κ2) is 7.81. The van der Waals surface area contributed by atoms with Gasteiger partial charge in [-0.1, -0.05) is 12.8 Å². The summed E-state index contributed by atoms with van der Waals surface area (Å²) < 4.78 is 29.0. The molecule has 10 heteroatoms. The molecule has 0 bridgehead atoms. The molecule has 1 fully saturated rings. The number of nitrogens with one attached hydrogen (secondary N) is 1. The molecule has 1 aliphatic rings. The third kappa shape index (κ3) is 3.74. The first kappa shape index (κ1) is 19.9. The zero-order valence-corrected chi connectivity index (χ0v) is 17.3. The van der Waals surface area contributed by atoms with Gasteiger partial charge in [-0.3, -0.25) is 9.40 Å². The number of nitrogens with zero attached hydrogens (tertiary/aromatic N) is 6. The molecule has 154 valence electrons. The van der Waals surface area contributed by atoms with Crippen LogP contribution in [0.4, 0.5) is 5.82 Å². The summed E-state index contributed by atoms with van der Waals surface area (Å²) in [5.74, 6) is 0.711. The van der Waals surface area contributed by atoms with E-state index in [-0.39, 0.29) is 6.04 Å². The van der Waals surface area contributed by atoms with E-state index in [9.17, 15) is 18.9 Å². The van der Waals surface area contributed by atoms with Crippen molar-refractivity contribution in [1.29, 1.82) is 10.5 Å². The van der Waals surface area contributed by atoms with Gasteiger partial charge in [-0.2, -0.15) is 20.7 Å². The molecule has 1 unspecified atom stereocenters. The lowest BCUT2D eigenvalue weighted by molar-refractivity contribution is 0.315. The Bertz CT molecular complexity index is 1270. The van der Waals surface area contributed by atoms with E-state index in [4.69, 9.17) is 0 Å². The molecular formula is C20H21N7O2S. The first-order valence-corrected chi connectivity index (χ1v) is 11.6. The Morgan fingerprint density at radius 1 is 1.23 bits per heavy atom. The van der Waals surface area contributed by atoms with Crippen molar-refractivity contribution in [2.45, 2.75) is 38.1 Å². The predicted octanol–water partition coefficient (Wildman–Crippen LogP) is 3.09. The standard InChI is InChI=1S/C20H21N7O2S/c1-30(28,29)25-19-7-6-18-20(15(10-22)11-24-27(18)19)16-12-23-26(13-16)17(8-9-21)14-4-2-3-5-14/h6-7,11-14,17,25H,2-5,8H2,1H3. The number of fused-ring (bicyclic) bond motifs is 1. The van der Waals surface area contributed by atoms with E-state index in [0.29, 0.717) is 34.8 Å². The molecule has 30 heavy (non-hydrogen) atoms. The van der Waals surface area contributed by atoms with Crippen LogP contribution >= 0.6 is 0 Å². The Morgan fingerprint density at radius 3 is 2.67 bits per heavy atom. The van der Waals surface area contributed by atoms with Gasteiger partial charge in [0.25, 0.3) is 0 Å². The molecule has 0 aliphatic heterocycles. The Morgan fingerprint density at radius 2 is 2.00 bits per heavy atom. The van der Waals surface area contributed by atoms with Gasteiger partial charge in [-0.05, 0) is 30.9 Å². The number of sulfonamides is 1. The molecule has 3 aromatic rings. The molecule has 4 rings (SSSR count). The molecule has 1 aliphatic carbocycles. The Hall–Kier alpha value is -3.37. The lowest BCUT2D eigenvalue weighted by Gasteiger charge is -2.21. The van der Waals surface area contributed by atoms with Crippen LogP contribution in [0.5, 0.6) is 0 Å². The Labute approximate surface area is 174 Å². The van der Waals surface area contributed by atoms with Gasteiger partial charge >= 0.3 is 0 Å². The van der Waals surface area contributed by atoms with Gasteiger partial charge in [-0.15, -0.1) is 0 Å². The molecule has 1 atom stereocenters. The summed E-state index contributed by atoms with van der Waals surface area (Å²) in [6.45, 7) is 0. The second-order valence-electron chi connectivity index (χ2n) is 7.62. The molecular weight excluding hydrogens is 402 g/mol. The van der Waals surface area contributed by atoms with Gasteiger partial charge in [-0.25, -0.2) is 12.9 Å². The Kier molecular flexibility index (Phi) is 5.18. The third-order valence-electron chi connectivity index (χ3n) is 5.57. The lowest BCUT2D eigenvalue weighted by atomic mass is 9.96. The van der Waals surface area contributed by atoms with Crippen LogP contribution in [0.2, 0.25) is 0 Å². The summed E-state index contributed by atoms with van der Waals surface area (Å²) in [5, 5.41) is 27.7. The van der Waals surface area contributed by atoms with Gasteiger partial charge in [0.05, 0.1) is 48.3 Å². The van der Waals surface area contributed by atoms with Crippen molar-refractivity contribution in [3.63, 3.8) is 0 Å². The van der Waals surface area contributed by atoms with Crippen molar-refractivity contribution in [3.05, 3.63) is 36.3 Å². The smallest absolute Gasteiger partial charge is 0.230 e. The zero-order chi connectivity index (χ0) is 21.3. The molecule has 0 aromatic carbocycles. The number of rotatable bonds is 6. The van der Waals surface area contributed by atoms with Crippen molar-refractivity contribution in [2.24, 2.45) is 5.92 Å². The molecule has 0 spiro atoms. The predicted molar refractivity (Wildman–Crippen MR) is 111 cm³/mol. The van der Waals surface area contributed by atoms with E-state index < -0.39 is 10.0 Å². The van der Waals surface area contributed by atoms with Crippen LogP contribution in [0.1, 0.15) is 43.7 Å². The highest BCUT2D eigenvalue weighted by atomic mass is 32.2. The fourth-order valence-electron chi connectivity index (χ4n) is 4.28. The molecule has 3 aromatic heterocycles. The first-order chi connectivity index (χ1) is 14.4. The third-order valence-corrected chi connectivity index (χ3v) is 6.15. The van der Waals surface area contributed by atoms with Crippen LogP contribution in [-0.2, 0) is 10.0 Å². The molecule has 0 radical (unpaired) electrons. The van der Waals surface area contributed by atoms with E-state index in [1.54, 1.807) is 18.3 Å². The summed E-state index contributed by atoms with van der Waals surface area (Å²) in [6, 6.07) is 7.77. The Balaban J connectivity index is 1.79. The molecule has 3 heterocycles. The summed E-state index contributed by atoms with van der Waals surface area (Å²) in [4.78, 5) is 0. The van der Waals surface area contributed by atoms with Crippen LogP contribution in [-0.4, -0.2) is 34.1 Å². The second-order valence-corrected chi connectivity index (χ2v) is 9.37. The first-order valence-electron chi connectivity index (χ1n) is 9.71.